The Kier molecular flexibility index (Phi) is 4.72. The standard InChI is InChI=1S/C19H18FNOS/c1-14-10-12-21(13-11-14)19(22)9-7-17-6-8-18(23-17)15-2-4-16(20)5-3-15/h2-9H,1,10-13H2/b9-7+. The molecule has 0 spiro atoms. The van der Waals surface area contributed by atoms with Crippen molar-refractivity contribution in [2.45, 2.75) is 12.8 Å². The van der Waals surface area contributed by atoms with Crippen LogP contribution in [0, 0.1) is 5.82 Å². The molecular weight excluding hydrogens is 309 g/mol. The number of halogens is 1. The van der Waals surface area contributed by atoms with Crippen molar-refractivity contribution in [3.05, 3.63) is 65.3 Å². The molecule has 1 aliphatic rings. The molecule has 2 aromatic rings. The lowest BCUT2D eigenvalue weighted by Crippen LogP contribution is -2.34. The lowest BCUT2D eigenvalue weighted by Gasteiger charge is -2.26. The molecule has 0 N–H and O–H groups in total. The minimum absolute atomic E-state index is 0.0502. The van der Waals surface area contributed by atoms with Crippen molar-refractivity contribution in [1.29, 1.82) is 0 Å². The van der Waals surface area contributed by atoms with Gasteiger partial charge in [-0.15, -0.1) is 11.3 Å². The van der Waals surface area contributed by atoms with Gasteiger partial charge in [-0.25, -0.2) is 4.39 Å². The van der Waals surface area contributed by atoms with E-state index in [1.807, 2.05) is 23.1 Å². The third-order valence-corrected chi connectivity index (χ3v) is 5.03. The summed E-state index contributed by atoms with van der Waals surface area (Å²) in [6.45, 7) is 5.48. The third-order valence-electron chi connectivity index (χ3n) is 3.93. The number of thiophene rings is 1. The molecule has 4 heteroatoms. The maximum atomic E-state index is 13.0. The molecule has 1 fully saturated rings. The number of amides is 1. The molecule has 0 bridgehead atoms. The number of benzene rings is 1. The molecular formula is C19H18FNOS. The third kappa shape index (κ3) is 3.96. The van der Waals surface area contributed by atoms with E-state index in [-0.39, 0.29) is 11.7 Å². The average Bonchev–Trinajstić information content (AvgIpc) is 3.03. The Morgan fingerprint density at radius 1 is 1.13 bits per heavy atom. The molecule has 3 rings (SSSR count). The van der Waals surface area contributed by atoms with Crippen molar-refractivity contribution in [3.63, 3.8) is 0 Å². The Bertz CT molecular complexity index is 735. The summed E-state index contributed by atoms with van der Waals surface area (Å²) >= 11 is 1.59. The van der Waals surface area contributed by atoms with Crippen LogP contribution < -0.4 is 0 Å². The number of nitrogens with zero attached hydrogens (tertiary/aromatic N) is 1. The van der Waals surface area contributed by atoms with E-state index >= 15 is 0 Å². The fourth-order valence-corrected chi connectivity index (χ4v) is 3.43. The highest BCUT2D eigenvalue weighted by Crippen LogP contribution is 2.29. The summed E-state index contributed by atoms with van der Waals surface area (Å²) in [5, 5.41) is 0. The summed E-state index contributed by atoms with van der Waals surface area (Å²) in [4.78, 5) is 16.1. The molecule has 0 aliphatic carbocycles. The molecule has 0 atom stereocenters. The second-order valence-corrected chi connectivity index (χ2v) is 6.73. The first-order chi connectivity index (χ1) is 11.1. The number of piperidine rings is 1. The highest BCUT2D eigenvalue weighted by Gasteiger charge is 2.15. The van der Waals surface area contributed by atoms with Gasteiger partial charge in [-0.1, -0.05) is 24.3 Å². The molecule has 1 aliphatic heterocycles. The number of hydrogen-bond acceptors (Lipinski definition) is 2. The van der Waals surface area contributed by atoms with Crippen LogP contribution in [0.3, 0.4) is 0 Å². The highest BCUT2D eigenvalue weighted by molar-refractivity contribution is 7.16. The lowest BCUT2D eigenvalue weighted by molar-refractivity contribution is -0.126. The predicted molar refractivity (Wildman–Crippen MR) is 93.7 cm³/mol. The Hall–Kier alpha value is -2.20. The van der Waals surface area contributed by atoms with E-state index in [1.165, 1.54) is 17.7 Å². The van der Waals surface area contributed by atoms with E-state index in [2.05, 4.69) is 6.58 Å². The second-order valence-electron chi connectivity index (χ2n) is 5.62. The van der Waals surface area contributed by atoms with E-state index in [0.717, 1.165) is 41.2 Å². The van der Waals surface area contributed by atoms with Crippen molar-refractivity contribution in [1.82, 2.24) is 4.90 Å². The van der Waals surface area contributed by atoms with Gasteiger partial charge in [-0.3, -0.25) is 4.79 Å². The van der Waals surface area contributed by atoms with Crippen molar-refractivity contribution in [3.8, 4) is 10.4 Å². The maximum Gasteiger partial charge on any atom is 0.246 e. The van der Waals surface area contributed by atoms with Crippen LogP contribution in [-0.4, -0.2) is 23.9 Å². The summed E-state index contributed by atoms with van der Waals surface area (Å²) < 4.78 is 13.0. The van der Waals surface area contributed by atoms with Gasteiger partial charge in [0.25, 0.3) is 0 Å². The summed E-state index contributed by atoms with van der Waals surface area (Å²) in [6, 6.07) is 10.4. The number of rotatable bonds is 3. The van der Waals surface area contributed by atoms with Crippen LogP contribution in [0.1, 0.15) is 17.7 Å². The topological polar surface area (TPSA) is 20.3 Å². The van der Waals surface area contributed by atoms with Crippen molar-refractivity contribution >= 4 is 23.3 Å². The summed E-state index contributed by atoms with van der Waals surface area (Å²) in [7, 11) is 0. The Labute approximate surface area is 139 Å². The quantitative estimate of drug-likeness (QED) is 0.589. The molecule has 0 unspecified atom stereocenters. The smallest absolute Gasteiger partial charge is 0.246 e. The fourth-order valence-electron chi connectivity index (χ4n) is 2.51. The van der Waals surface area contributed by atoms with Gasteiger partial charge >= 0.3 is 0 Å². The van der Waals surface area contributed by atoms with Gasteiger partial charge in [0.15, 0.2) is 0 Å². The van der Waals surface area contributed by atoms with Crippen molar-refractivity contribution in [2.75, 3.05) is 13.1 Å². The zero-order valence-corrected chi connectivity index (χ0v) is 13.6. The molecule has 1 amide bonds. The molecule has 1 aromatic carbocycles. The zero-order valence-electron chi connectivity index (χ0n) is 12.8. The SMILES string of the molecule is C=C1CCN(C(=O)/C=C/c2ccc(-c3ccc(F)cc3)s2)CC1. The van der Waals surface area contributed by atoms with Crippen LogP contribution in [0.2, 0.25) is 0 Å². The predicted octanol–water partition coefficient (Wildman–Crippen LogP) is 4.75. The van der Waals surface area contributed by atoms with Gasteiger partial charge in [-0.2, -0.15) is 0 Å². The first-order valence-corrected chi connectivity index (χ1v) is 8.43. The fraction of sp³-hybridized carbons (Fsp3) is 0.211. The van der Waals surface area contributed by atoms with Crippen LogP contribution in [0.5, 0.6) is 0 Å². The van der Waals surface area contributed by atoms with Crippen LogP contribution >= 0.6 is 11.3 Å². The van der Waals surface area contributed by atoms with Crippen molar-refractivity contribution < 1.29 is 9.18 Å². The molecule has 0 saturated carbocycles. The Morgan fingerprint density at radius 3 is 2.52 bits per heavy atom. The van der Waals surface area contributed by atoms with Gasteiger partial charge in [0.2, 0.25) is 5.91 Å². The average molecular weight is 327 g/mol. The van der Waals surface area contributed by atoms with Gasteiger partial charge in [0.05, 0.1) is 0 Å². The second kappa shape index (κ2) is 6.92. The Balaban J connectivity index is 1.65. The molecule has 1 aromatic heterocycles. The van der Waals surface area contributed by atoms with Gasteiger partial charge in [0, 0.05) is 28.9 Å². The summed E-state index contributed by atoms with van der Waals surface area (Å²) in [5.41, 5.74) is 2.21. The number of hydrogen-bond donors (Lipinski definition) is 0. The first kappa shape index (κ1) is 15.7. The van der Waals surface area contributed by atoms with Crippen LogP contribution in [0.25, 0.3) is 16.5 Å². The van der Waals surface area contributed by atoms with E-state index in [9.17, 15) is 9.18 Å². The van der Waals surface area contributed by atoms with Gasteiger partial charge in [-0.05, 0) is 48.7 Å². The van der Waals surface area contributed by atoms with Crippen LogP contribution in [0.4, 0.5) is 4.39 Å². The summed E-state index contributed by atoms with van der Waals surface area (Å²) in [6.07, 6.45) is 5.28. The van der Waals surface area contributed by atoms with Gasteiger partial charge in [0.1, 0.15) is 5.82 Å². The van der Waals surface area contributed by atoms with Crippen molar-refractivity contribution in [2.24, 2.45) is 0 Å². The Morgan fingerprint density at radius 2 is 1.83 bits per heavy atom. The zero-order chi connectivity index (χ0) is 16.2. The van der Waals surface area contributed by atoms with Gasteiger partial charge < -0.3 is 4.90 Å². The number of carbonyl (C=O) groups is 1. The molecule has 0 radical (unpaired) electrons. The molecule has 1 saturated heterocycles. The lowest BCUT2D eigenvalue weighted by atomic mass is 10.1. The number of likely N-dealkylation sites (tertiary alicyclic amines) is 1. The van der Waals surface area contributed by atoms with E-state index in [1.54, 1.807) is 29.5 Å². The maximum absolute atomic E-state index is 13.0. The minimum Gasteiger partial charge on any atom is -0.339 e. The monoisotopic (exact) mass is 327 g/mol. The molecule has 2 heterocycles. The largest absolute Gasteiger partial charge is 0.339 e. The van der Waals surface area contributed by atoms with E-state index < -0.39 is 0 Å². The van der Waals surface area contributed by atoms with Crippen LogP contribution in [-0.2, 0) is 4.79 Å². The normalized spacial score (nSPS) is 15.3. The van der Waals surface area contributed by atoms with E-state index in [4.69, 9.17) is 0 Å². The first-order valence-electron chi connectivity index (χ1n) is 7.61. The summed E-state index contributed by atoms with van der Waals surface area (Å²) in [5.74, 6) is -0.186. The van der Waals surface area contributed by atoms with E-state index in [0.29, 0.717) is 0 Å². The number of carbonyl (C=O) groups excluding carboxylic acids is 1. The molecule has 23 heavy (non-hydrogen) atoms. The highest BCUT2D eigenvalue weighted by atomic mass is 32.1. The van der Waals surface area contributed by atoms with Crippen LogP contribution in [0.15, 0.2) is 54.6 Å². The minimum atomic E-state index is -0.236. The molecule has 118 valence electrons. The molecule has 2 nitrogen and oxygen atoms in total.